The minimum absolute atomic E-state index is 0.137. The van der Waals surface area contributed by atoms with Crippen LogP contribution >= 0.6 is 0 Å². The van der Waals surface area contributed by atoms with Crippen molar-refractivity contribution in [3.63, 3.8) is 0 Å². The molecule has 1 N–H and O–H groups in total. The van der Waals surface area contributed by atoms with Gasteiger partial charge in [0.15, 0.2) is 0 Å². The summed E-state index contributed by atoms with van der Waals surface area (Å²) in [6.07, 6.45) is 0.148. The molecule has 0 aromatic carbocycles. The Labute approximate surface area is 96.3 Å². The van der Waals surface area contributed by atoms with Gasteiger partial charge < -0.3 is 9.84 Å². The van der Waals surface area contributed by atoms with Gasteiger partial charge in [-0.1, -0.05) is 13.8 Å². The van der Waals surface area contributed by atoms with E-state index in [0.717, 1.165) is 0 Å². The van der Waals surface area contributed by atoms with Gasteiger partial charge in [-0.05, 0) is 26.0 Å². The maximum atomic E-state index is 11.1. The van der Waals surface area contributed by atoms with E-state index in [4.69, 9.17) is 4.74 Å². The number of aromatic hydroxyl groups is 1. The van der Waals surface area contributed by atoms with E-state index in [-0.39, 0.29) is 18.1 Å². The van der Waals surface area contributed by atoms with E-state index in [9.17, 15) is 9.90 Å². The second-order valence-electron chi connectivity index (χ2n) is 2.89. The Balaban J connectivity index is 0.00000106. The molecule has 16 heavy (non-hydrogen) atoms. The molecule has 0 radical (unpaired) electrons. The SMILES string of the molecule is CC.CCOC(=O)Cc1ccc(O)c(C)n1. The lowest BCUT2D eigenvalue weighted by atomic mass is 10.2. The number of pyridine rings is 1. The van der Waals surface area contributed by atoms with Crippen LogP contribution in [-0.4, -0.2) is 22.7 Å². The van der Waals surface area contributed by atoms with Crippen LogP contribution in [0.4, 0.5) is 0 Å². The molecule has 1 aromatic heterocycles. The van der Waals surface area contributed by atoms with Crippen LogP contribution in [0.5, 0.6) is 5.75 Å². The highest BCUT2D eigenvalue weighted by Gasteiger charge is 2.06. The number of carbonyl (C=O) groups excluding carboxylic acids is 1. The molecule has 0 saturated carbocycles. The van der Waals surface area contributed by atoms with Crippen LogP contribution in [0.25, 0.3) is 0 Å². The highest BCUT2D eigenvalue weighted by molar-refractivity contribution is 5.72. The number of nitrogens with zero attached hydrogens (tertiary/aromatic N) is 1. The average Bonchev–Trinajstić information content (AvgIpc) is 2.27. The molecule has 90 valence electrons. The zero-order chi connectivity index (χ0) is 12.6. The molecule has 4 heteroatoms. The maximum absolute atomic E-state index is 11.1. The van der Waals surface area contributed by atoms with Crippen molar-refractivity contribution in [3.8, 4) is 5.75 Å². The first-order valence-corrected chi connectivity index (χ1v) is 5.44. The molecule has 0 aliphatic carbocycles. The lowest BCUT2D eigenvalue weighted by Gasteiger charge is -2.03. The summed E-state index contributed by atoms with van der Waals surface area (Å²) < 4.78 is 4.77. The summed E-state index contributed by atoms with van der Waals surface area (Å²) in [6, 6.07) is 3.14. The summed E-state index contributed by atoms with van der Waals surface area (Å²) in [7, 11) is 0. The molecule has 0 aliphatic rings. The molecule has 0 spiro atoms. The van der Waals surface area contributed by atoms with Gasteiger partial charge in [-0.2, -0.15) is 0 Å². The molecule has 4 nitrogen and oxygen atoms in total. The first kappa shape index (κ1) is 14.4. The van der Waals surface area contributed by atoms with Gasteiger partial charge in [0.1, 0.15) is 5.75 Å². The van der Waals surface area contributed by atoms with Crippen molar-refractivity contribution in [1.82, 2.24) is 4.98 Å². The van der Waals surface area contributed by atoms with E-state index in [1.54, 1.807) is 19.9 Å². The fourth-order valence-electron chi connectivity index (χ4n) is 1.06. The van der Waals surface area contributed by atoms with Crippen LogP contribution in [0.3, 0.4) is 0 Å². The second kappa shape index (κ2) is 7.68. The fourth-order valence-corrected chi connectivity index (χ4v) is 1.06. The molecule has 0 bridgehead atoms. The minimum atomic E-state index is -0.301. The number of aromatic nitrogens is 1. The van der Waals surface area contributed by atoms with Crippen LogP contribution in [0.2, 0.25) is 0 Å². The van der Waals surface area contributed by atoms with E-state index in [1.165, 1.54) is 6.07 Å². The zero-order valence-electron chi connectivity index (χ0n) is 10.3. The molecular weight excluding hydrogens is 206 g/mol. The Morgan fingerprint density at radius 3 is 2.56 bits per heavy atom. The standard InChI is InChI=1S/C10H13NO3.C2H6/c1-3-14-10(13)6-8-4-5-9(12)7(2)11-8;1-2/h4-5,12H,3,6H2,1-2H3;1-2H3. The summed E-state index contributed by atoms with van der Waals surface area (Å²) in [5, 5.41) is 9.20. The highest BCUT2D eigenvalue weighted by atomic mass is 16.5. The molecule has 1 rings (SSSR count). The molecule has 1 heterocycles. The quantitative estimate of drug-likeness (QED) is 0.801. The van der Waals surface area contributed by atoms with Gasteiger partial charge in [0.2, 0.25) is 0 Å². The third kappa shape index (κ3) is 4.77. The van der Waals surface area contributed by atoms with Crippen LogP contribution in [0, 0.1) is 6.92 Å². The Hall–Kier alpha value is -1.58. The van der Waals surface area contributed by atoms with E-state index in [0.29, 0.717) is 18.0 Å². The number of esters is 1. The lowest BCUT2D eigenvalue weighted by molar-refractivity contribution is -0.142. The second-order valence-corrected chi connectivity index (χ2v) is 2.89. The fraction of sp³-hybridized carbons (Fsp3) is 0.500. The number of ether oxygens (including phenoxy) is 1. The van der Waals surface area contributed by atoms with Gasteiger partial charge in [-0.3, -0.25) is 9.78 Å². The van der Waals surface area contributed by atoms with Gasteiger partial charge >= 0.3 is 5.97 Å². The van der Waals surface area contributed by atoms with Crippen molar-refractivity contribution in [3.05, 3.63) is 23.5 Å². The van der Waals surface area contributed by atoms with Crippen LogP contribution in [0.15, 0.2) is 12.1 Å². The average molecular weight is 225 g/mol. The predicted molar refractivity (Wildman–Crippen MR) is 62.3 cm³/mol. The molecule has 0 fully saturated rings. The number of hydrogen-bond donors (Lipinski definition) is 1. The topological polar surface area (TPSA) is 59.4 Å². The van der Waals surface area contributed by atoms with Crippen molar-refractivity contribution >= 4 is 5.97 Å². The number of rotatable bonds is 3. The molecule has 0 saturated heterocycles. The smallest absolute Gasteiger partial charge is 0.311 e. The third-order valence-electron chi connectivity index (χ3n) is 1.75. The molecule has 0 aliphatic heterocycles. The minimum Gasteiger partial charge on any atom is -0.506 e. The summed E-state index contributed by atoms with van der Waals surface area (Å²) in [6.45, 7) is 7.81. The van der Waals surface area contributed by atoms with E-state index < -0.39 is 0 Å². The number of carbonyl (C=O) groups is 1. The number of hydrogen-bond acceptors (Lipinski definition) is 4. The molecule has 0 amide bonds. The van der Waals surface area contributed by atoms with E-state index in [1.807, 2.05) is 13.8 Å². The molecule has 0 atom stereocenters. The van der Waals surface area contributed by atoms with E-state index >= 15 is 0 Å². The van der Waals surface area contributed by atoms with Crippen molar-refractivity contribution in [2.75, 3.05) is 6.61 Å². The van der Waals surface area contributed by atoms with Gasteiger partial charge in [-0.25, -0.2) is 0 Å². The Morgan fingerprint density at radius 2 is 2.06 bits per heavy atom. The summed E-state index contributed by atoms with van der Waals surface area (Å²) in [5.74, 6) is -0.164. The Morgan fingerprint density at radius 1 is 1.44 bits per heavy atom. The van der Waals surface area contributed by atoms with Crippen LogP contribution < -0.4 is 0 Å². The zero-order valence-corrected chi connectivity index (χ0v) is 10.3. The van der Waals surface area contributed by atoms with Gasteiger partial charge in [0.05, 0.1) is 24.4 Å². The lowest BCUT2D eigenvalue weighted by Crippen LogP contribution is -2.08. The molecule has 1 aromatic rings. The van der Waals surface area contributed by atoms with Gasteiger partial charge in [0.25, 0.3) is 0 Å². The molecule has 0 unspecified atom stereocenters. The van der Waals surface area contributed by atoms with E-state index in [2.05, 4.69) is 4.98 Å². The van der Waals surface area contributed by atoms with Crippen molar-refractivity contribution in [1.29, 1.82) is 0 Å². The van der Waals surface area contributed by atoms with Crippen LogP contribution in [-0.2, 0) is 16.0 Å². The monoisotopic (exact) mass is 225 g/mol. The normalized spacial score (nSPS) is 9.00. The van der Waals surface area contributed by atoms with Crippen molar-refractivity contribution in [2.24, 2.45) is 0 Å². The summed E-state index contributed by atoms with van der Waals surface area (Å²) >= 11 is 0. The number of aryl methyl sites for hydroxylation is 1. The largest absolute Gasteiger partial charge is 0.506 e. The predicted octanol–water partition coefficient (Wildman–Crippen LogP) is 2.23. The maximum Gasteiger partial charge on any atom is 0.311 e. The summed E-state index contributed by atoms with van der Waals surface area (Å²) in [5.41, 5.74) is 1.13. The van der Waals surface area contributed by atoms with Gasteiger partial charge in [0, 0.05) is 0 Å². The highest BCUT2D eigenvalue weighted by Crippen LogP contribution is 2.13. The van der Waals surface area contributed by atoms with Gasteiger partial charge in [-0.15, -0.1) is 0 Å². The Bertz CT molecular complexity index is 337. The first-order valence-electron chi connectivity index (χ1n) is 5.44. The Kier molecular flexibility index (Phi) is 6.92. The third-order valence-corrected chi connectivity index (χ3v) is 1.75. The van der Waals surface area contributed by atoms with Crippen LogP contribution in [0.1, 0.15) is 32.2 Å². The van der Waals surface area contributed by atoms with Crippen molar-refractivity contribution < 1.29 is 14.6 Å². The summed E-state index contributed by atoms with van der Waals surface area (Å²) in [4.78, 5) is 15.1. The molecular formula is C12H19NO3. The first-order chi connectivity index (χ1) is 7.63. The van der Waals surface area contributed by atoms with Crippen molar-refractivity contribution in [2.45, 2.75) is 34.1 Å².